The second-order valence-electron chi connectivity index (χ2n) is 4.62. The summed E-state index contributed by atoms with van der Waals surface area (Å²) in [6.07, 6.45) is -0.0187. The fraction of sp³-hybridized carbons (Fsp3) is 0.357. The summed E-state index contributed by atoms with van der Waals surface area (Å²) in [5.74, 6) is -0.799. The van der Waals surface area contributed by atoms with Gasteiger partial charge in [0.1, 0.15) is 6.04 Å². The summed E-state index contributed by atoms with van der Waals surface area (Å²) in [5.41, 5.74) is 0.589. The van der Waals surface area contributed by atoms with Crippen LogP contribution in [0.3, 0.4) is 0 Å². The van der Waals surface area contributed by atoms with Crippen molar-refractivity contribution in [2.75, 3.05) is 18.6 Å². The quantitative estimate of drug-likeness (QED) is 0.630. The molecule has 1 saturated heterocycles. The number of carbonyl (C=O) groups is 3. The Labute approximate surface area is 127 Å². The highest BCUT2D eigenvalue weighted by molar-refractivity contribution is 6.30. The van der Waals surface area contributed by atoms with Gasteiger partial charge in [-0.3, -0.25) is 19.4 Å². The molecule has 0 saturated carbocycles. The number of halogens is 1. The summed E-state index contributed by atoms with van der Waals surface area (Å²) < 4.78 is 4.52. The summed E-state index contributed by atoms with van der Waals surface area (Å²) in [7, 11) is 1.26. The first-order chi connectivity index (χ1) is 9.95. The Kier molecular flexibility index (Phi) is 4.47. The van der Waals surface area contributed by atoms with Crippen molar-refractivity contribution in [2.24, 2.45) is 0 Å². The number of urea groups is 1. The minimum absolute atomic E-state index is 0.0127. The first-order valence-electron chi connectivity index (χ1n) is 6.42. The molecule has 3 amide bonds. The van der Waals surface area contributed by atoms with Gasteiger partial charge in [0.25, 0.3) is 5.91 Å². The highest BCUT2D eigenvalue weighted by atomic mass is 35.5. The van der Waals surface area contributed by atoms with Crippen LogP contribution in [0.5, 0.6) is 0 Å². The van der Waals surface area contributed by atoms with Crippen molar-refractivity contribution in [2.45, 2.75) is 19.4 Å². The van der Waals surface area contributed by atoms with Crippen LogP contribution in [0.15, 0.2) is 24.3 Å². The van der Waals surface area contributed by atoms with E-state index in [2.05, 4.69) is 4.74 Å². The molecule has 0 aliphatic carbocycles. The van der Waals surface area contributed by atoms with Gasteiger partial charge in [0, 0.05) is 17.3 Å². The van der Waals surface area contributed by atoms with Gasteiger partial charge in [0.2, 0.25) is 0 Å². The van der Waals surface area contributed by atoms with Crippen molar-refractivity contribution in [3.63, 3.8) is 0 Å². The fourth-order valence-corrected chi connectivity index (χ4v) is 2.30. The molecule has 1 fully saturated rings. The number of carbonyl (C=O) groups excluding carboxylic acids is 3. The van der Waals surface area contributed by atoms with Crippen molar-refractivity contribution in [1.82, 2.24) is 4.90 Å². The van der Waals surface area contributed by atoms with Gasteiger partial charge in [-0.2, -0.15) is 0 Å². The third-order valence-corrected chi connectivity index (χ3v) is 3.57. The lowest BCUT2D eigenvalue weighted by Gasteiger charge is -2.19. The Morgan fingerprint density at radius 2 is 1.90 bits per heavy atom. The molecule has 7 heteroatoms. The zero-order chi connectivity index (χ0) is 15.6. The smallest absolute Gasteiger partial charge is 0.331 e. The molecule has 1 atom stereocenters. The Morgan fingerprint density at radius 1 is 1.29 bits per heavy atom. The molecular formula is C14H15ClN2O4. The molecular weight excluding hydrogens is 296 g/mol. The number of amides is 3. The lowest BCUT2D eigenvalue weighted by atomic mass is 10.2. The molecule has 0 bridgehead atoms. The third kappa shape index (κ3) is 3.00. The number of rotatable bonds is 4. The zero-order valence-electron chi connectivity index (χ0n) is 11.7. The molecule has 0 aromatic heterocycles. The molecule has 21 heavy (non-hydrogen) atoms. The number of methoxy groups -OCH3 is 1. The summed E-state index contributed by atoms with van der Waals surface area (Å²) in [4.78, 5) is 38.1. The number of anilines is 1. The average Bonchev–Trinajstić information content (AvgIpc) is 2.68. The third-order valence-electron chi connectivity index (χ3n) is 3.32. The van der Waals surface area contributed by atoms with E-state index in [-0.39, 0.29) is 18.9 Å². The number of imide groups is 1. The topological polar surface area (TPSA) is 66.9 Å². The Morgan fingerprint density at radius 3 is 2.48 bits per heavy atom. The number of ether oxygens (including phenoxy) is 1. The van der Waals surface area contributed by atoms with Crippen LogP contribution in [0.4, 0.5) is 10.5 Å². The van der Waals surface area contributed by atoms with Gasteiger partial charge in [-0.05, 0) is 31.2 Å². The molecule has 0 spiro atoms. The first-order valence-corrected chi connectivity index (χ1v) is 6.80. The lowest BCUT2D eigenvalue weighted by molar-refractivity contribution is -0.141. The molecule has 2 rings (SSSR count). The van der Waals surface area contributed by atoms with Crippen LogP contribution in [-0.4, -0.2) is 42.5 Å². The summed E-state index contributed by atoms with van der Waals surface area (Å²) in [6.45, 7) is 1.66. The van der Waals surface area contributed by atoms with Crippen LogP contribution in [0.25, 0.3) is 0 Å². The first kappa shape index (κ1) is 15.3. The largest absolute Gasteiger partial charge is 0.469 e. The van der Waals surface area contributed by atoms with E-state index in [1.165, 1.54) is 12.0 Å². The van der Waals surface area contributed by atoms with Gasteiger partial charge < -0.3 is 4.74 Å². The molecule has 1 aromatic carbocycles. The minimum Gasteiger partial charge on any atom is -0.469 e. The Bertz CT molecular complexity index is 573. The van der Waals surface area contributed by atoms with E-state index in [9.17, 15) is 14.4 Å². The van der Waals surface area contributed by atoms with Crippen molar-refractivity contribution in [3.8, 4) is 0 Å². The van der Waals surface area contributed by atoms with Crippen LogP contribution in [0, 0.1) is 0 Å². The van der Waals surface area contributed by atoms with E-state index in [1.54, 1.807) is 31.2 Å². The summed E-state index contributed by atoms with van der Waals surface area (Å²) >= 11 is 5.82. The van der Waals surface area contributed by atoms with E-state index >= 15 is 0 Å². The SMILES string of the molecule is COC(=O)CCN1C(=O)[C@H](C)N(c2ccc(Cl)cc2)C1=O. The van der Waals surface area contributed by atoms with E-state index in [4.69, 9.17) is 11.6 Å². The Balaban J connectivity index is 2.18. The van der Waals surface area contributed by atoms with Crippen molar-refractivity contribution in [3.05, 3.63) is 29.3 Å². The molecule has 0 radical (unpaired) electrons. The number of hydrogen-bond acceptors (Lipinski definition) is 4. The van der Waals surface area contributed by atoms with Gasteiger partial charge in [0.05, 0.1) is 13.5 Å². The molecule has 1 aliphatic rings. The van der Waals surface area contributed by atoms with E-state index < -0.39 is 18.0 Å². The molecule has 1 heterocycles. The average molecular weight is 311 g/mol. The number of nitrogens with zero attached hydrogens (tertiary/aromatic N) is 2. The maximum Gasteiger partial charge on any atom is 0.331 e. The van der Waals surface area contributed by atoms with Crippen LogP contribution in [0.2, 0.25) is 5.02 Å². The van der Waals surface area contributed by atoms with Crippen LogP contribution < -0.4 is 4.90 Å². The fourth-order valence-electron chi connectivity index (χ4n) is 2.17. The highest BCUT2D eigenvalue weighted by Gasteiger charge is 2.43. The monoisotopic (exact) mass is 310 g/mol. The predicted octanol–water partition coefficient (Wildman–Crippen LogP) is 2.06. The molecule has 0 unspecified atom stereocenters. The van der Waals surface area contributed by atoms with E-state index in [0.29, 0.717) is 10.7 Å². The standard InChI is InChI=1S/C14H15ClN2O4/c1-9-13(19)16(8-7-12(18)21-2)14(20)17(9)11-5-3-10(15)4-6-11/h3-6,9H,7-8H2,1-2H3/t9-/m0/s1. The van der Waals surface area contributed by atoms with Crippen LogP contribution >= 0.6 is 11.6 Å². The molecule has 0 N–H and O–H groups in total. The summed E-state index contributed by atoms with van der Waals surface area (Å²) in [6, 6.07) is 5.59. The van der Waals surface area contributed by atoms with E-state index in [0.717, 1.165) is 4.90 Å². The Hall–Kier alpha value is -2.08. The number of hydrogen-bond donors (Lipinski definition) is 0. The second kappa shape index (κ2) is 6.13. The highest BCUT2D eigenvalue weighted by Crippen LogP contribution is 2.27. The van der Waals surface area contributed by atoms with Gasteiger partial charge in [0.15, 0.2) is 0 Å². The van der Waals surface area contributed by atoms with Gasteiger partial charge in [-0.25, -0.2) is 4.79 Å². The minimum atomic E-state index is -0.615. The lowest BCUT2D eigenvalue weighted by Crippen LogP contribution is -2.35. The zero-order valence-corrected chi connectivity index (χ0v) is 12.5. The molecule has 1 aliphatic heterocycles. The number of benzene rings is 1. The number of esters is 1. The van der Waals surface area contributed by atoms with Crippen molar-refractivity contribution in [1.29, 1.82) is 0 Å². The van der Waals surface area contributed by atoms with Gasteiger partial charge >= 0.3 is 12.0 Å². The normalized spacial score (nSPS) is 18.3. The molecule has 112 valence electrons. The van der Waals surface area contributed by atoms with E-state index in [1.807, 2.05) is 0 Å². The second-order valence-corrected chi connectivity index (χ2v) is 5.06. The maximum absolute atomic E-state index is 12.4. The summed E-state index contributed by atoms with van der Waals surface area (Å²) in [5, 5.41) is 0.548. The van der Waals surface area contributed by atoms with Crippen molar-refractivity contribution < 1.29 is 19.1 Å². The molecule has 6 nitrogen and oxygen atoms in total. The van der Waals surface area contributed by atoms with Crippen LogP contribution in [-0.2, 0) is 14.3 Å². The predicted molar refractivity (Wildman–Crippen MR) is 77.1 cm³/mol. The van der Waals surface area contributed by atoms with Gasteiger partial charge in [-0.1, -0.05) is 11.6 Å². The molecule has 1 aromatic rings. The maximum atomic E-state index is 12.4. The van der Waals surface area contributed by atoms with Gasteiger partial charge in [-0.15, -0.1) is 0 Å². The van der Waals surface area contributed by atoms with Crippen LogP contribution in [0.1, 0.15) is 13.3 Å². The van der Waals surface area contributed by atoms with Crippen molar-refractivity contribution >= 4 is 35.2 Å².